The Kier molecular flexibility index (Phi) is 5.38. The van der Waals surface area contributed by atoms with Crippen LogP contribution >= 0.6 is 0 Å². The maximum absolute atomic E-state index is 13.0. The van der Waals surface area contributed by atoms with E-state index >= 15 is 0 Å². The first-order valence-electron chi connectivity index (χ1n) is 10.8. The highest BCUT2D eigenvalue weighted by molar-refractivity contribution is 5.97. The van der Waals surface area contributed by atoms with Gasteiger partial charge in [-0.2, -0.15) is 0 Å². The number of ether oxygens (including phenoxy) is 3. The first-order chi connectivity index (χ1) is 15.1. The van der Waals surface area contributed by atoms with Gasteiger partial charge < -0.3 is 24.8 Å². The van der Waals surface area contributed by atoms with Crippen LogP contribution in [0.15, 0.2) is 48.5 Å². The maximum atomic E-state index is 13.0. The third kappa shape index (κ3) is 4.29. The van der Waals surface area contributed by atoms with E-state index in [2.05, 4.69) is 10.6 Å². The van der Waals surface area contributed by atoms with Gasteiger partial charge in [-0.3, -0.25) is 9.59 Å². The molecular formula is C24H26N2O5. The van der Waals surface area contributed by atoms with E-state index in [-0.39, 0.29) is 42.0 Å². The number of aryl methyl sites for hydroxylation is 1. The minimum absolute atomic E-state index is 0.0764. The fraction of sp³-hybridized carbons (Fsp3) is 0.417. The first-order valence-corrected chi connectivity index (χ1v) is 10.8. The van der Waals surface area contributed by atoms with Crippen LogP contribution in [0.5, 0.6) is 11.5 Å². The van der Waals surface area contributed by atoms with E-state index in [1.54, 1.807) is 18.2 Å². The molecule has 2 aliphatic heterocycles. The second kappa shape index (κ2) is 8.32. The Morgan fingerprint density at radius 2 is 1.55 bits per heavy atom. The number of benzene rings is 2. The maximum Gasteiger partial charge on any atom is 0.255 e. The molecule has 2 aromatic rings. The fourth-order valence-electron chi connectivity index (χ4n) is 4.12. The molecule has 162 valence electrons. The largest absolute Gasteiger partial charge is 0.457 e. The highest BCUT2D eigenvalue weighted by atomic mass is 16.6. The van der Waals surface area contributed by atoms with Crippen LogP contribution in [0.4, 0.5) is 0 Å². The molecule has 2 heterocycles. The number of carbonyl (C=O) groups is 2. The lowest BCUT2D eigenvalue weighted by atomic mass is 10.1. The molecule has 2 N–H and O–H groups in total. The number of fused-ring (bicyclic) bond motifs is 1. The standard InChI is InChI=1S/C24H26N2O5/c1-14-6-10-16(11-7-14)31-20-5-3-2-4-17(20)24(28)26-19-13-30-21-18(12-29-22(19)21)25-23(27)15-8-9-15/h2-7,10-11,15,18-19,21-22H,8-9,12-13H2,1H3,(H,25,27)(H,26,28). The molecule has 2 saturated heterocycles. The summed E-state index contributed by atoms with van der Waals surface area (Å²) in [5.74, 6) is 1.13. The van der Waals surface area contributed by atoms with Gasteiger partial charge in [-0.05, 0) is 44.0 Å². The number of para-hydroxylation sites is 1. The fourth-order valence-corrected chi connectivity index (χ4v) is 4.12. The van der Waals surface area contributed by atoms with Gasteiger partial charge in [0.15, 0.2) is 0 Å². The number of hydrogen-bond donors (Lipinski definition) is 2. The predicted octanol–water partition coefficient (Wildman–Crippen LogP) is 2.58. The molecule has 0 aromatic heterocycles. The van der Waals surface area contributed by atoms with Crippen LogP contribution in [0.3, 0.4) is 0 Å². The molecule has 5 rings (SSSR count). The van der Waals surface area contributed by atoms with Gasteiger partial charge in [0, 0.05) is 5.92 Å². The zero-order valence-electron chi connectivity index (χ0n) is 17.4. The van der Waals surface area contributed by atoms with Crippen LogP contribution < -0.4 is 15.4 Å². The summed E-state index contributed by atoms with van der Waals surface area (Å²) in [5.41, 5.74) is 1.58. The third-order valence-electron chi connectivity index (χ3n) is 6.03. The summed E-state index contributed by atoms with van der Waals surface area (Å²) in [6.07, 6.45) is 1.39. The summed E-state index contributed by atoms with van der Waals surface area (Å²) in [6.45, 7) is 2.75. The van der Waals surface area contributed by atoms with Crippen molar-refractivity contribution < 1.29 is 23.8 Å². The third-order valence-corrected chi connectivity index (χ3v) is 6.03. The Morgan fingerprint density at radius 1 is 0.903 bits per heavy atom. The summed E-state index contributed by atoms with van der Waals surface area (Å²) in [7, 11) is 0. The van der Waals surface area contributed by atoms with Crippen LogP contribution in [0.25, 0.3) is 0 Å². The van der Waals surface area contributed by atoms with Crippen molar-refractivity contribution in [1.29, 1.82) is 0 Å². The zero-order valence-corrected chi connectivity index (χ0v) is 17.4. The molecule has 4 atom stereocenters. The van der Waals surface area contributed by atoms with Gasteiger partial charge in [-0.15, -0.1) is 0 Å². The van der Waals surface area contributed by atoms with E-state index in [0.29, 0.717) is 30.3 Å². The molecule has 0 bridgehead atoms. The molecule has 1 aliphatic carbocycles. The Bertz CT molecular complexity index is 972. The number of rotatable bonds is 6. The van der Waals surface area contributed by atoms with Crippen molar-refractivity contribution >= 4 is 11.8 Å². The second-order valence-corrected chi connectivity index (χ2v) is 8.48. The van der Waals surface area contributed by atoms with Crippen LogP contribution in [-0.2, 0) is 14.3 Å². The Labute approximate surface area is 181 Å². The average molecular weight is 422 g/mol. The summed E-state index contributed by atoms with van der Waals surface area (Å²) >= 11 is 0. The Morgan fingerprint density at radius 3 is 2.23 bits per heavy atom. The summed E-state index contributed by atoms with van der Waals surface area (Å²) in [5, 5.41) is 6.07. The molecule has 31 heavy (non-hydrogen) atoms. The van der Waals surface area contributed by atoms with Crippen molar-refractivity contribution in [2.75, 3.05) is 13.2 Å². The lowest BCUT2D eigenvalue weighted by molar-refractivity contribution is -0.123. The molecule has 2 aromatic carbocycles. The van der Waals surface area contributed by atoms with E-state index in [1.807, 2.05) is 37.3 Å². The van der Waals surface area contributed by atoms with E-state index in [4.69, 9.17) is 14.2 Å². The van der Waals surface area contributed by atoms with Crippen molar-refractivity contribution in [3.05, 3.63) is 59.7 Å². The molecule has 0 spiro atoms. The molecule has 3 aliphatic rings. The van der Waals surface area contributed by atoms with Crippen molar-refractivity contribution in [2.45, 2.75) is 44.1 Å². The highest BCUT2D eigenvalue weighted by Crippen LogP contribution is 2.32. The molecule has 2 amide bonds. The van der Waals surface area contributed by atoms with Gasteiger partial charge in [0.1, 0.15) is 23.7 Å². The number of nitrogens with one attached hydrogen (secondary N) is 2. The van der Waals surface area contributed by atoms with Crippen molar-refractivity contribution in [3.8, 4) is 11.5 Å². The van der Waals surface area contributed by atoms with Crippen LogP contribution in [-0.4, -0.2) is 49.3 Å². The monoisotopic (exact) mass is 422 g/mol. The van der Waals surface area contributed by atoms with E-state index in [1.165, 1.54) is 0 Å². The molecule has 7 nitrogen and oxygen atoms in total. The zero-order chi connectivity index (χ0) is 21.4. The van der Waals surface area contributed by atoms with Crippen molar-refractivity contribution in [3.63, 3.8) is 0 Å². The highest BCUT2D eigenvalue weighted by Gasteiger charge is 2.49. The summed E-state index contributed by atoms with van der Waals surface area (Å²) in [4.78, 5) is 25.1. The van der Waals surface area contributed by atoms with E-state index in [9.17, 15) is 9.59 Å². The normalized spacial score (nSPS) is 26.9. The van der Waals surface area contributed by atoms with Crippen LogP contribution in [0.2, 0.25) is 0 Å². The number of carbonyl (C=O) groups excluding carboxylic acids is 2. The molecule has 0 radical (unpaired) electrons. The molecule has 4 unspecified atom stereocenters. The smallest absolute Gasteiger partial charge is 0.255 e. The predicted molar refractivity (Wildman–Crippen MR) is 113 cm³/mol. The van der Waals surface area contributed by atoms with Gasteiger partial charge in [-0.1, -0.05) is 29.8 Å². The lowest BCUT2D eigenvalue weighted by Gasteiger charge is -2.19. The average Bonchev–Trinajstić information content (AvgIpc) is 3.45. The van der Waals surface area contributed by atoms with Gasteiger partial charge in [0.2, 0.25) is 5.91 Å². The van der Waals surface area contributed by atoms with Crippen molar-refractivity contribution in [2.24, 2.45) is 5.92 Å². The van der Waals surface area contributed by atoms with Crippen molar-refractivity contribution in [1.82, 2.24) is 10.6 Å². The Hall–Kier alpha value is -2.90. The number of amides is 2. The van der Waals surface area contributed by atoms with Gasteiger partial charge >= 0.3 is 0 Å². The topological polar surface area (TPSA) is 85.9 Å². The Balaban J connectivity index is 1.24. The van der Waals surface area contributed by atoms with E-state index in [0.717, 1.165) is 18.4 Å². The summed E-state index contributed by atoms with van der Waals surface area (Å²) in [6, 6.07) is 14.4. The van der Waals surface area contributed by atoms with Gasteiger partial charge in [0.05, 0.1) is 30.9 Å². The second-order valence-electron chi connectivity index (χ2n) is 8.48. The van der Waals surface area contributed by atoms with Crippen LogP contribution in [0, 0.1) is 12.8 Å². The van der Waals surface area contributed by atoms with E-state index < -0.39 is 0 Å². The minimum atomic E-state index is -0.284. The lowest BCUT2D eigenvalue weighted by Crippen LogP contribution is -2.47. The molecule has 3 fully saturated rings. The first kappa shape index (κ1) is 20.0. The van der Waals surface area contributed by atoms with Crippen LogP contribution in [0.1, 0.15) is 28.8 Å². The SMILES string of the molecule is Cc1ccc(Oc2ccccc2C(=O)NC2COC3C(NC(=O)C4CC4)COC23)cc1. The van der Waals surface area contributed by atoms with Gasteiger partial charge in [0.25, 0.3) is 5.91 Å². The minimum Gasteiger partial charge on any atom is -0.457 e. The molecular weight excluding hydrogens is 396 g/mol. The number of hydrogen-bond acceptors (Lipinski definition) is 5. The van der Waals surface area contributed by atoms with Gasteiger partial charge in [-0.25, -0.2) is 0 Å². The molecule has 7 heteroatoms. The molecule has 1 saturated carbocycles. The summed E-state index contributed by atoms with van der Waals surface area (Å²) < 4.78 is 17.7. The quantitative estimate of drug-likeness (QED) is 0.747.